The SMILES string of the molecule is NCCCCN1CCN(c2ccc3c(n2)CCC3)CC1. The van der Waals surface area contributed by atoms with Crippen LogP contribution >= 0.6 is 0 Å². The van der Waals surface area contributed by atoms with Gasteiger partial charge in [0.2, 0.25) is 0 Å². The van der Waals surface area contributed by atoms with Gasteiger partial charge >= 0.3 is 0 Å². The number of nitrogens with zero attached hydrogens (tertiary/aromatic N) is 3. The third kappa shape index (κ3) is 3.13. The van der Waals surface area contributed by atoms with Crippen molar-refractivity contribution in [3.63, 3.8) is 0 Å². The molecule has 1 aromatic rings. The smallest absolute Gasteiger partial charge is 0.128 e. The number of fused-ring (bicyclic) bond motifs is 1. The van der Waals surface area contributed by atoms with Gasteiger partial charge in [-0.3, -0.25) is 4.90 Å². The summed E-state index contributed by atoms with van der Waals surface area (Å²) in [5.41, 5.74) is 8.36. The van der Waals surface area contributed by atoms with Gasteiger partial charge in [-0.1, -0.05) is 6.07 Å². The Morgan fingerprint density at radius 1 is 1.05 bits per heavy atom. The van der Waals surface area contributed by atoms with Crippen LogP contribution in [0.3, 0.4) is 0 Å². The van der Waals surface area contributed by atoms with Gasteiger partial charge in [-0.15, -0.1) is 0 Å². The number of hydrogen-bond acceptors (Lipinski definition) is 4. The third-order valence-corrected chi connectivity index (χ3v) is 4.54. The molecule has 0 amide bonds. The van der Waals surface area contributed by atoms with Crippen LogP contribution < -0.4 is 10.6 Å². The Balaban J connectivity index is 1.53. The monoisotopic (exact) mass is 274 g/mol. The Bertz CT molecular complexity index is 438. The first-order valence-electron chi connectivity index (χ1n) is 8.03. The highest BCUT2D eigenvalue weighted by Crippen LogP contribution is 2.23. The van der Waals surface area contributed by atoms with Gasteiger partial charge in [-0.05, 0) is 56.8 Å². The van der Waals surface area contributed by atoms with Crippen LogP contribution in [0.4, 0.5) is 5.82 Å². The number of aryl methyl sites for hydroxylation is 2. The predicted molar refractivity (Wildman–Crippen MR) is 83.2 cm³/mol. The average Bonchev–Trinajstić information content (AvgIpc) is 2.96. The molecule has 0 aromatic carbocycles. The number of piperazine rings is 1. The van der Waals surface area contributed by atoms with Gasteiger partial charge < -0.3 is 10.6 Å². The molecule has 1 aliphatic carbocycles. The van der Waals surface area contributed by atoms with Gasteiger partial charge in [0.25, 0.3) is 0 Å². The van der Waals surface area contributed by atoms with Gasteiger partial charge in [0.1, 0.15) is 5.82 Å². The number of rotatable bonds is 5. The van der Waals surface area contributed by atoms with Crippen LogP contribution in [0.1, 0.15) is 30.5 Å². The largest absolute Gasteiger partial charge is 0.354 e. The van der Waals surface area contributed by atoms with Crippen molar-refractivity contribution < 1.29 is 0 Å². The normalized spacial score (nSPS) is 19.4. The van der Waals surface area contributed by atoms with Gasteiger partial charge in [0.05, 0.1) is 0 Å². The third-order valence-electron chi connectivity index (χ3n) is 4.54. The van der Waals surface area contributed by atoms with Crippen molar-refractivity contribution in [1.82, 2.24) is 9.88 Å². The zero-order valence-corrected chi connectivity index (χ0v) is 12.4. The molecule has 0 radical (unpaired) electrons. The van der Waals surface area contributed by atoms with E-state index >= 15 is 0 Å². The van der Waals surface area contributed by atoms with Gasteiger partial charge in [-0.25, -0.2) is 4.98 Å². The fourth-order valence-electron chi connectivity index (χ4n) is 3.27. The maximum absolute atomic E-state index is 5.55. The van der Waals surface area contributed by atoms with Crippen LogP contribution in [0.5, 0.6) is 0 Å². The minimum Gasteiger partial charge on any atom is -0.354 e. The second-order valence-corrected chi connectivity index (χ2v) is 5.95. The minimum absolute atomic E-state index is 0.818. The molecule has 3 rings (SSSR count). The molecule has 20 heavy (non-hydrogen) atoms. The fourth-order valence-corrected chi connectivity index (χ4v) is 3.27. The van der Waals surface area contributed by atoms with E-state index in [0.29, 0.717) is 0 Å². The summed E-state index contributed by atoms with van der Waals surface area (Å²) in [6.45, 7) is 6.54. The summed E-state index contributed by atoms with van der Waals surface area (Å²) in [4.78, 5) is 9.87. The van der Waals surface area contributed by atoms with E-state index in [9.17, 15) is 0 Å². The van der Waals surface area contributed by atoms with Crippen molar-refractivity contribution in [1.29, 1.82) is 0 Å². The molecule has 1 aliphatic heterocycles. The van der Waals surface area contributed by atoms with Crippen LogP contribution in [0.25, 0.3) is 0 Å². The number of unbranched alkanes of at least 4 members (excludes halogenated alkanes) is 1. The Morgan fingerprint density at radius 3 is 2.70 bits per heavy atom. The molecular weight excluding hydrogens is 248 g/mol. The van der Waals surface area contributed by atoms with E-state index in [2.05, 4.69) is 21.9 Å². The molecule has 110 valence electrons. The molecule has 2 heterocycles. The predicted octanol–water partition coefficient (Wildman–Crippen LogP) is 1.43. The Hall–Kier alpha value is -1.13. The summed E-state index contributed by atoms with van der Waals surface area (Å²) in [5.74, 6) is 1.19. The maximum Gasteiger partial charge on any atom is 0.128 e. The molecule has 4 nitrogen and oxygen atoms in total. The van der Waals surface area contributed by atoms with Crippen molar-refractivity contribution >= 4 is 5.82 Å². The van der Waals surface area contributed by atoms with E-state index in [1.165, 1.54) is 49.3 Å². The summed E-state index contributed by atoms with van der Waals surface area (Å²) < 4.78 is 0. The lowest BCUT2D eigenvalue weighted by Gasteiger charge is -2.35. The number of pyridine rings is 1. The molecule has 1 saturated heterocycles. The molecule has 0 unspecified atom stereocenters. The topological polar surface area (TPSA) is 45.4 Å². The quantitative estimate of drug-likeness (QED) is 0.825. The van der Waals surface area contributed by atoms with Gasteiger partial charge in [0.15, 0.2) is 0 Å². The van der Waals surface area contributed by atoms with Crippen LogP contribution in [0.15, 0.2) is 12.1 Å². The van der Waals surface area contributed by atoms with Crippen molar-refractivity contribution in [3.05, 3.63) is 23.4 Å². The van der Waals surface area contributed by atoms with Gasteiger partial charge in [0, 0.05) is 31.9 Å². The highest BCUT2D eigenvalue weighted by molar-refractivity contribution is 5.43. The molecule has 1 fully saturated rings. The van der Waals surface area contributed by atoms with E-state index < -0.39 is 0 Å². The molecule has 0 saturated carbocycles. The molecule has 0 bridgehead atoms. The fraction of sp³-hybridized carbons (Fsp3) is 0.688. The summed E-state index contributed by atoms with van der Waals surface area (Å²) in [6, 6.07) is 4.51. The Morgan fingerprint density at radius 2 is 1.90 bits per heavy atom. The molecular formula is C16H26N4. The second kappa shape index (κ2) is 6.55. The molecule has 4 heteroatoms. The number of aromatic nitrogens is 1. The first kappa shape index (κ1) is 13.8. The summed E-state index contributed by atoms with van der Waals surface area (Å²) in [6.07, 6.45) is 6.04. The summed E-state index contributed by atoms with van der Waals surface area (Å²) in [7, 11) is 0. The molecule has 0 spiro atoms. The molecule has 1 aromatic heterocycles. The lowest BCUT2D eigenvalue weighted by molar-refractivity contribution is 0.253. The van der Waals surface area contributed by atoms with E-state index in [4.69, 9.17) is 10.7 Å². The number of nitrogens with two attached hydrogens (primary N) is 1. The summed E-state index contributed by atoms with van der Waals surface area (Å²) in [5, 5.41) is 0. The van der Waals surface area contributed by atoms with E-state index in [0.717, 1.165) is 39.1 Å². The number of hydrogen-bond donors (Lipinski definition) is 1. The first-order valence-corrected chi connectivity index (χ1v) is 8.03. The summed E-state index contributed by atoms with van der Waals surface area (Å²) >= 11 is 0. The van der Waals surface area contributed by atoms with Crippen molar-refractivity contribution in [3.8, 4) is 0 Å². The van der Waals surface area contributed by atoms with Crippen molar-refractivity contribution in [2.75, 3.05) is 44.2 Å². The van der Waals surface area contributed by atoms with Crippen molar-refractivity contribution in [2.24, 2.45) is 5.73 Å². The van der Waals surface area contributed by atoms with E-state index in [1.807, 2.05) is 0 Å². The first-order chi connectivity index (χ1) is 9.86. The van der Waals surface area contributed by atoms with E-state index in [1.54, 1.807) is 0 Å². The highest BCUT2D eigenvalue weighted by atomic mass is 15.3. The average molecular weight is 274 g/mol. The zero-order chi connectivity index (χ0) is 13.8. The van der Waals surface area contributed by atoms with Crippen molar-refractivity contribution in [2.45, 2.75) is 32.1 Å². The van der Waals surface area contributed by atoms with Crippen LogP contribution in [-0.4, -0.2) is 49.2 Å². The highest BCUT2D eigenvalue weighted by Gasteiger charge is 2.19. The maximum atomic E-state index is 5.55. The number of anilines is 1. The second-order valence-electron chi connectivity index (χ2n) is 5.95. The lowest BCUT2D eigenvalue weighted by atomic mass is 10.2. The lowest BCUT2D eigenvalue weighted by Crippen LogP contribution is -2.47. The van der Waals surface area contributed by atoms with Gasteiger partial charge in [-0.2, -0.15) is 0 Å². The Labute approximate surface area is 122 Å². The Kier molecular flexibility index (Phi) is 4.53. The molecule has 2 aliphatic rings. The zero-order valence-electron chi connectivity index (χ0n) is 12.4. The van der Waals surface area contributed by atoms with E-state index in [-0.39, 0.29) is 0 Å². The van der Waals surface area contributed by atoms with Crippen LogP contribution in [0.2, 0.25) is 0 Å². The van der Waals surface area contributed by atoms with Crippen LogP contribution in [0, 0.1) is 0 Å². The molecule has 0 atom stereocenters. The van der Waals surface area contributed by atoms with Crippen LogP contribution in [-0.2, 0) is 12.8 Å². The standard InChI is InChI=1S/C16H26N4/c17-8-1-2-9-19-10-12-20(13-11-19)16-7-6-14-4-3-5-15(14)18-16/h6-7H,1-5,8-13,17H2. The molecule has 2 N–H and O–H groups in total. The minimum atomic E-state index is 0.818.